The van der Waals surface area contributed by atoms with Gasteiger partial charge in [-0.3, -0.25) is 0 Å². The Morgan fingerprint density at radius 1 is 1.20 bits per heavy atom. The largest absolute Gasteiger partial charge is 0.347 e. The van der Waals surface area contributed by atoms with Crippen LogP contribution in [0.25, 0.3) is 0 Å². The fourth-order valence-electron chi connectivity index (χ4n) is 1.04. The highest BCUT2D eigenvalue weighted by molar-refractivity contribution is 8.17. The lowest BCUT2D eigenvalue weighted by Crippen LogP contribution is -2.05. The third-order valence-electron chi connectivity index (χ3n) is 1.71. The van der Waals surface area contributed by atoms with Gasteiger partial charge >= 0.3 is 9.24 Å². The molecular formula is C8H10ClNO3S2. The number of halogens is 1. The minimum absolute atomic E-state index is 0.100. The van der Waals surface area contributed by atoms with E-state index < -0.39 is 19.0 Å². The van der Waals surface area contributed by atoms with E-state index in [4.69, 9.17) is 10.7 Å². The van der Waals surface area contributed by atoms with Gasteiger partial charge in [-0.1, -0.05) is 28.9 Å². The topological polar surface area (TPSA) is 63.6 Å². The van der Waals surface area contributed by atoms with E-state index in [0.29, 0.717) is 4.90 Å². The quantitative estimate of drug-likeness (QED) is 0.787. The third kappa shape index (κ3) is 3.48. The zero-order valence-corrected chi connectivity index (χ0v) is 10.3. The predicted molar refractivity (Wildman–Crippen MR) is 60.6 cm³/mol. The highest BCUT2D eigenvalue weighted by atomic mass is 35.7. The van der Waals surface area contributed by atoms with Gasteiger partial charge in [-0.15, -0.1) is 0 Å². The monoisotopic (exact) mass is 267 g/mol. The second kappa shape index (κ2) is 4.51. The van der Waals surface area contributed by atoms with E-state index >= 15 is 0 Å². The molecule has 0 unspecified atom stereocenters. The van der Waals surface area contributed by atoms with E-state index in [-0.39, 0.29) is 5.75 Å². The van der Waals surface area contributed by atoms with E-state index in [2.05, 4.69) is 3.77 Å². The van der Waals surface area contributed by atoms with E-state index in [0.717, 1.165) is 0 Å². The minimum Gasteiger partial charge on any atom is -0.244 e. The average Bonchev–Trinajstić information content (AvgIpc) is 2.16. The maximum absolute atomic E-state index is 12.1. The van der Waals surface area contributed by atoms with Gasteiger partial charge in [-0.25, -0.2) is 4.21 Å². The highest BCUT2D eigenvalue weighted by Crippen LogP contribution is 2.16. The van der Waals surface area contributed by atoms with Gasteiger partial charge in [0, 0.05) is 21.3 Å². The SMILES string of the molecule is CC[S@@](=O)(=NS(=O)(=O)Cl)c1ccccc1. The van der Waals surface area contributed by atoms with Crippen molar-refractivity contribution in [1.82, 2.24) is 0 Å². The zero-order valence-electron chi connectivity index (χ0n) is 7.96. The Kier molecular flexibility index (Phi) is 3.75. The number of hydrogen-bond acceptors (Lipinski definition) is 3. The van der Waals surface area contributed by atoms with E-state index in [1.165, 1.54) is 0 Å². The molecule has 1 aromatic rings. The first-order valence-electron chi connectivity index (χ1n) is 4.13. The van der Waals surface area contributed by atoms with E-state index in [1.54, 1.807) is 37.3 Å². The molecule has 4 nitrogen and oxygen atoms in total. The molecule has 84 valence electrons. The van der Waals surface area contributed by atoms with Crippen LogP contribution in [0.3, 0.4) is 0 Å². The Morgan fingerprint density at radius 2 is 1.73 bits per heavy atom. The first-order valence-corrected chi connectivity index (χ1v) is 8.08. The van der Waals surface area contributed by atoms with Crippen molar-refractivity contribution in [2.75, 3.05) is 5.75 Å². The summed E-state index contributed by atoms with van der Waals surface area (Å²) in [6.07, 6.45) is 0. The van der Waals surface area contributed by atoms with Crippen molar-refractivity contribution in [2.45, 2.75) is 11.8 Å². The Balaban J connectivity index is 3.44. The van der Waals surface area contributed by atoms with Crippen LogP contribution in [0.2, 0.25) is 0 Å². The molecule has 0 saturated heterocycles. The van der Waals surface area contributed by atoms with Crippen LogP contribution >= 0.6 is 10.7 Å². The highest BCUT2D eigenvalue weighted by Gasteiger charge is 2.14. The Hall–Kier alpha value is -0.590. The van der Waals surface area contributed by atoms with Crippen LogP contribution in [-0.4, -0.2) is 18.4 Å². The lowest BCUT2D eigenvalue weighted by Gasteiger charge is -2.05. The summed E-state index contributed by atoms with van der Waals surface area (Å²) in [5, 5.41) is 0. The van der Waals surface area contributed by atoms with Crippen molar-refractivity contribution in [3.8, 4) is 0 Å². The van der Waals surface area contributed by atoms with Gasteiger partial charge in [-0.05, 0) is 12.1 Å². The molecule has 0 aliphatic rings. The van der Waals surface area contributed by atoms with Crippen molar-refractivity contribution in [3.63, 3.8) is 0 Å². The fraction of sp³-hybridized carbons (Fsp3) is 0.250. The molecular weight excluding hydrogens is 258 g/mol. The minimum atomic E-state index is -4.12. The van der Waals surface area contributed by atoms with Crippen molar-refractivity contribution < 1.29 is 12.6 Å². The summed E-state index contributed by atoms with van der Waals surface area (Å²) >= 11 is 0. The van der Waals surface area contributed by atoms with Crippen LogP contribution in [0.1, 0.15) is 6.92 Å². The molecule has 0 spiro atoms. The molecule has 0 aliphatic heterocycles. The number of benzene rings is 1. The van der Waals surface area contributed by atoms with Crippen LogP contribution in [-0.2, 0) is 19.0 Å². The average molecular weight is 268 g/mol. The summed E-state index contributed by atoms with van der Waals surface area (Å²) in [6, 6.07) is 8.21. The summed E-state index contributed by atoms with van der Waals surface area (Å²) < 4.78 is 36.9. The molecule has 1 rings (SSSR count). The van der Waals surface area contributed by atoms with Gasteiger partial charge in [0.2, 0.25) is 0 Å². The molecule has 0 amide bonds. The van der Waals surface area contributed by atoms with Crippen molar-refractivity contribution in [1.29, 1.82) is 0 Å². The smallest absolute Gasteiger partial charge is 0.244 e. The summed E-state index contributed by atoms with van der Waals surface area (Å²) in [6.45, 7) is 1.60. The van der Waals surface area contributed by atoms with Crippen LogP contribution in [0.4, 0.5) is 0 Å². The number of nitrogens with zero attached hydrogens (tertiary/aromatic N) is 1. The molecule has 0 saturated carbocycles. The van der Waals surface area contributed by atoms with Gasteiger partial charge < -0.3 is 0 Å². The van der Waals surface area contributed by atoms with Gasteiger partial charge in [0.05, 0.1) is 9.73 Å². The standard InChI is InChI=1S/C8H10ClNO3S2/c1-2-14(11,10-15(9,12)13)8-6-4-3-5-7-8/h3-7H,2H2,1H3/t14-/m0/s1. The van der Waals surface area contributed by atoms with Gasteiger partial charge in [0.25, 0.3) is 0 Å². The molecule has 0 aliphatic carbocycles. The lowest BCUT2D eigenvalue weighted by molar-refractivity contribution is 0.611. The molecule has 0 radical (unpaired) electrons. The summed E-state index contributed by atoms with van der Waals surface area (Å²) in [7, 11) is -2.11. The Labute approximate surface area is 94.0 Å². The Bertz CT molecular complexity index is 545. The van der Waals surface area contributed by atoms with Crippen LogP contribution in [0, 0.1) is 0 Å². The van der Waals surface area contributed by atoms with Crippen molar-refractivity contribution >= 4 is 29.6 Å². The van der Waals surface area contributed by atoms with E-state index in [9.17, 15) is 12.6 Å². The van der Waals surface area contributed by atoms with E-state index in [1.807, 2.05) is 0 Å². The molecule has 1 atom stereocenters. The molecule has 0 heterocycles. The predicted octanol–water partition coefficient (Wildman–Crippen LogP) is 2.02. The molecule has 1 aromatic carbocycles. The third-order valence-corrected chi connectivity index (χ3v) is 5.69. The molecule has 0 fully saturated rings. The maximum Gasteiger partial charge on any atom is 0.347 e. The Morgan fingerprint density at radius 3 is 2.13 bits per heavy atom. The van der Waals surface area contributed by atoms with Gasteiger partial charge in [0.1, 0.15) is 0 Å². The van der Waals surface area contributed by atoms with Gasteiger partial charge in [0.15, 0.2) is 0 Å². The summed E-state index contributed by atoms with van der Waals surface area (Å²) in [5.41, 5.74) is 0. The van der Waals surface area contributed by atoms with Crippen LogP contribution in [0.15, 0.2) is 39.0 Å². The number of hydrogen-bond donors (Lipinski definition) is 0. The van der Waals surface area contributed by atoms with Crippen LogP contribution < -0.4 is 0 Å². The normalized spacial score (nSPS) is 15.6. The second-order valence-corrected chi connectivity index (χ2v) is 7.65. The zero-order chi connectivity index (χ0) is 11.5. The molecule has 0 bridgehead atoms. The summed E-state index contributed by atoms with van der Waals surface area (Å²) in [5.74, 6) is 0.100. The molecule has 0 N–H and O–H groups in total. The summed E-state index contributed by atoms with van der Waals surface area (Å²) in [4.78, 5) is 0.372. The molecule has 0 aromatic heterocycles. The van der Waals surface area contributed by atoms with Gasteiger partial charge in [-0.2, -0.15) is 8.42 Å². The van der Waals surface area contributed by atoms with Crippen molar-refractivity contribution in [2.24, 2.45) is 3.77 Å². The first-order chi connectivity index (χ1) is 6.87. The second-order valence-electron chi connectivity index (χ2n) is 2.73. The maximum atomic E-state index is 12.1. The van der Waals surface area contributed by atoms with Crippen LogP contribution in [0.5, 0.6) is 0 Å². The number of rotatable bonds is 3. The lowest BCUT2D eigenvalue weighted by atomic mass is 10.4. The molecule has 15 heavy (non-hydrogen) atoms. The first kappa shape index (κ1) is 12.5. The van der Waals surface area contributed by atoms with Crippen molar-refractivity contribution in [3.05, 3.63) is 30.3 Å². The molecule has 7 heteroatoms. The fourth-order valence-corrected chi connectivity index (χ4v) is 4.69.